The smallest absolute Gasteiger partial charge is 0.330 e. The first-order valence-electron chi connectivity index (χ1n) is 5.40. The molecule has 0 fully saturated rings. The van der Waals surface area contributed by atoms with Crippen LogP contribution in [0.25, 0.3) is 11.0 Å². The van der Waals surface area contributed by atoms with Crippen molar-refractivity contribution in [2.75, 3.05) is 0 Å². The fourth-order valence-corrected chi connectivity index (χ4v) is 1.82. The van der Waals surface area contributed by atoms with Gasteiger partial charge in [-0.15, -0.1) is 0 Å². The van der Waals surface area contributed by atoms with E-state index in [1.54, 1.807) is 24.5 Å². The predicted molar refractivity (Wildman–Crippen MR) is 64.9 cm³/mol. The number of aryl methyl sites for hydroxylation is 1. The van der Waals surface area contributed by atoms with Gasteiger partial charge < -0.3 is 15.0 Å². The van der Waals surface area contributed by atoms with Crippen molar-refractivity contribution in [1.82, 2.24) is 14.9 Å². The summed E-state index contributed by atoms with van der Waals surface area (Å²) >= 11 is 0. The molecule has 2 rings (SSSR count). The molecule has 0 aliphatic heterocycles. The molecule has 1 aromatic heterocycles. The molecular formula is C12H13N3O3. The van der Waals surface area contributed by atoms with Crippen LogP contribution in [0.2, 0.25) is 0 Å². The molecule has 0 aliphatic carbocycles. The van der Waals surface area contributed by atoms with E-state index < -0.39 is 12.0 Å². The highest BCUT2D eigenvalue weighted by Gasteiger charge is 2.21. The zero-order valence-electron chi connectivity index (χ0n) is 10.0. The van der Waals surface area contributed by atoms with E-state index in [1.165, 1.54) is 6.92 Å². The van der Waals surface area contributed by atoms with E-state index in [2.05, 4.69) is 10.3 Å². The number of imidazole rings is 1. The van der Waals surface area contributed by atoms with E-state index in [9.17, 15) is 9.59 Å². The second-order valence-corrected chi connectivity index (χ2v) is 4.08. The van der Waals surface area contributed by atoms with Gasteiger partial charge in [-0.25, -0.2) is 9.78 Å². The monoisotopic (exact) mass is 247 g/mol. The Labute approximate surface area is 103 Å². The lowest BCUT2D eigenvalue weighted by Crippen LogP contribution is -2.31. The zero-order chi connectivity index (χ0) is 13.3. The number of fused-ring (bicyclic) bond motifs is 1. The normalized spacial score (nSPS) is 12.3. The molecule has 0 aliphatic rings. The average Bonchev–Trinajstić information content (AvgIpc) is 2.67. The number of benzene rings is 1. The lowest BCUT2D eigenvalue weighted by atomic mass is 10.1. The van der Waals surface area contributed by atoms with Gasteiger partial charge in [0.15, 0.2) is 6.04 Å². The van der Waals surface area contributed by atoms with Gasteiger partial charge in [-0.1, -0.05) is 6.07 Å². The van der Waals surface area contributed by atoms with Gasteiger partial charge in [-0.3, -0.25) is 4.79 Å². The maximum atomic E-state index is 11.1. The third-order valence-electron chi connectivity index (χ3n) is 2.68. The molecule has 2 N–H and O–H groups in total. The van der Waals surface area contributed by atoms with Gasteiger partial charge in [0.1, 0.15) is 0 Å². The van der Waals surface area contributed by atoms with Gasteiger partial charge in [-0.05, 0) is 17.7 Å². The van der Waals surface area contributed by atoms with Crippen molar-refractivity contribution in [3.8, 4) is 0 Å². The van der Waals surface area contributed by atoms with Crippen LogP contribution in [0, 0.1) is 0 Å². The highest BCUT2D eigenvalue weighted by atomic mass is 16.4. The summed E-state index contributed by atoms with van der Waals surface area (Å²) in [6, 6.07) is 4.09. The van der Waals surface area contributed by atoms with Gasteiger partial charge in [0.25, 0.3) is 0 Å². The minimum Gasteiger partial charge on any atom is -0.479 e. The largest absolute Gasteiger partial charge is 0.479 e. The Hall–Kier alpha value is -2.37. The molecule has 1 atom stereocenters. The molecule has 6 heteroatoms. The topological polar surface area (TPSA) is 84.2 Å². The standard InChI is InChI=1S/C12H13N3O3/c1-7(16)14-11(12(17)18)8-3-4-10-9(5-8)13-6-15(10)2/h3-6,11H,1-2H3,(H,14,16)(H,17,18). The van der Waals surface area contributed by atoms with Crippen LogP contribution in [-0.4, -0.2) is 26.5 Å². The van der Waals surface area contributed by atoms with Gasteiger partial charge in [-0.2, -0.15) is 0 Å². The quantitative estimate of drug-likeness (QED) is 0.841. The van der Waals surface area contributed by atoms with E-state index >= 15 is 0 Å². The third kappa shape index (κ3) is 2.17. The maximum absolute atomic E-state index is 11.1. The Bertz CT molecular complexity index is 618. The number of carboxylic acid groups (broad SMARTS) is 1. The molecule has 1 heterocycles. The summed E-state index contributed by atoms with van der Waals surface area (Å²) in [6.07, 6.45) is 1.66. The number of carbonyl (C=O) groups excluding carboxylic acids is 1. The molecule has 0 saturated carbocycles. The molecule has 1 aromatic carbocycles. The predicted octanol–water partition coefficient (Wildman–Crippen LogP) is 0.835. The molecule has 1 amide bonds. The number of carbonyl (C=O) groups is 2. The summed E-state index contributed by atoms with van der Waals surface area (Å²) in [5.41, 5.74) is 2.11. The third-order valence-corrected chi connectivity index (χ3v) is 2.68. The summed E-state index contributed by atoms with van der Waals surface area (Å²) < 4.78 is 1.84. The molecule has 1 unspecified atom stereocenters. The summed E-state index contributed by atoms with van der Waals surface area (Å²) in [4.78, 5) is 26.3. The fourth-order valence-electron chi connectivity index (χ4n) is 1.82. The van der Waals surface area contributed by atoms with Gasteiger partial charge in [0, 0.05) is 14.0 Å². The molecule has 18 heavy (non-hydrogen) atoms. The molecule has 0 saturated heterocycles. The first kappa shape index (κ1) is 12.1. The number of nitrogens with zero attached hydrogens (tertiary/aromatic N) is 2. The summed E-state index contributed by atoms with van der Waals surface area (Å²) in [5.74, 6) is -1.48. The second kappa shape index (κ2) is 4.48. The Morgan fingerprint density at radius 3 is 2.78 bits per heavy atom. The van der Waals surface area contributed by atoms with Crippen LogP contribution in [-0.2, 0) is 16.6 Å². The van der Waals surface area contributed by atoms with E-state index in [4.69, 9.17) is 5.11 Å². The van der Waals surface area contributed by atoms with Crippen molar-refractivity contribution in [2.45, 2.75) is 13.0 Å². The highest BCUT2D eigenvalue weighted by molar-refractivity contribution is 5.85. The van der Waals surface area contributed by atoms with E-state index in [0.717, 1.165) is 5.52 Å². The van der Waals surface area contributed by atoms with Crippen molar-refractivity contribution in [1.29, 1.82) is 0 Å². The van der Waals surface area contributed by atoms with Crippen molar-refractivity contribution in [3.63, 3.8) is 0 Å². The lowest BCUT2D eigenvalue weighted by Gasteiger charge is -2.13. The molecule has 0 spiro atoms. The van der Waals surface area contributed by atoms with Gasteiger partial charge in [0.05, 0.1) is 17.4 Å². The first-order chi connectivity index (χ1) is 8.49. The van der Waals surface area contributed by atoms with Crippen LogP contribution in [0.3, 0.4) is 0 Å². The zero-order valence-corrected chi connectivity index (χ0v) is 10.0. The van der Waals surface area contributed by atoms with Crippen molar-refractivity contribution < 1.29 is 14.7 Å². The average molecular weight is 247 g/mol. The molecule has 94 valence electrons. The van der Waals surface area contributed by atoms with E-state index in [-0.39, 0.29) is 5.91 Å². The number of aliphatic carboxylic acids is 1. The lowest BCUT2D eigenvalue weighted by molar-refractivity contribution is -0.141. The van der Waals surface area contributed by atoms with Crippen LogP contribution in [0.1, 0.15) is 18.5 Å². The van der Waals surface area contributed by atoms with Crippen molar-refractivity contribution >= 4 is 22.9 Å². The Kier molecular flexibility index (Phi) is 3.01. The molecule has 6 nitrogen and oxygen atoms in total. The number of amides is 1. The summed E-state index contributed by atoms with van der Waals surface area (Å²) in [5, 5.41) is 11.5. The first-order valence-corrected chi connectivity index (χ1v) is 5.40. The summed E-state index contributed by atoms with van der Waals surface area (Å²) in [6.45, 7) is 1.29. The molecule has 2 aromatic rings. The molecule has 0 radical (unpaired) electrons. The van der Waals surface area contributed by atoms with Crippen LogP contribution >= 0.6 is 0 Å². The number of hydrogen-bond acceptors (Lipinski definition) is 3. The van der Waals surface area contributed by atoms with Crippen LogP contribution in [0.5, 0.6) is 0 Å². The van der Waals surface area contributed by atoms with Gasteiger partial charge >= 0.3 is 5.97 Å². The Balaban J connectivity index is 2.44. The number of carboxylic acids is 1. The Morgan fingerprint density at radius 1 is 1.44 bits per heavy atom. The van der Waals surface area contributed by atoms with Crippen LogP contribution in [0.4, 0.5) is 0 Å². The molecular weight excluding hydrogens is 234 g/mol. The maximum Gasteiger partial charge on any atom is 0.330 e. The number of aromatic nitrogens is 2. The van der Waals surface area contributed by atoms with Crippen LogP contribution < -0.4 is 5.32 Å². The number of hydrogen-bond donors (Lipinski definition) is 2. The SMILES string of the molecule is CC(=O)NC(C(=O)O)c1ccc2c(c1)ncn2C. The minimum absolute atomic E-state index is 0.386. The van der Waals surface area contributed by atoms with Crippen LogP contribution in [0.15, 0.2) is 24.5 Å². The molecule has 0 bridgehead atoms. The Morgan fingerprint density at radius 2 is 2.17 bits per heavy atom. The highest BCUT2D eigenvalue weighted by Crippen LogP contribution is 2.19. The van der Waals surface area contributed by atoms with E-state index in [0.29, 0.717) is 11.1 Å². The second-order valence-electron chi connectivity index (χ2n) is 4.08. The van der Waals surface area contributed by atoms with E-state index in [1.807, 2.05) is 11.6 Å². The summed E-state index contributed by atoms with van der Waals surface area (Å²) in [7, 11) is 1.86. The van der Waals surface area contributed by atoms with Crippen molar-refractivity contribution in [2.24, 2.45) is 7.05 Å². The number of rotatable bonds is 3. The van der Waals surface area contributed by atoms with Crippen molar-refractivity contribution in [3.05, 3.63) is 30.1 Å². The van der Waals surface area contributed by atoms with Gasteiger partial charge in [0.2, 0.25) is 5.91 Å². The minimum atomic E-state index is -1.10. The fraction of sp³-hybridized carbons (Fsp3) is 0.250. The number of nitrogens with one attached hydrogen (secondary N) is 1.